The molecular weight excluding hydrogens is 308 g/mol. The highest BCUT2D eigenvalue weighted by Crippen LogP contribution is 2.25. The monoisotopic (exact) mass is 332 g/mol. The van der Waals surface area contributed by atoms with Crippen molar-refractivity contribution in [3.8, 4) is 5.75 Å². The lowest BCUT2D eigenvalue weighted by Gasteiger charge is -2.13. The average molecular weight is 332 g/mol. The second kappa shape index (κ2) is 8.49. The molecule has 0 radical (unpaired) electrons. The third-order valence-corrected chi connectivity index (χ3v) is 3.87. The van der Waals surface area contributed by atoms with Crippen LogP contribution in [0.25, 0.3) is 0 Å². The Morgan fingerprint density at radius 1 is 1.38 bits per heavy atom. The fraction of sp³-hybridized carbons (Fsp3) is 0.444. The number of benzene rings is 1. The Morgan fingerprint density at radius 3 is 2.79 bits per heavy atom. The zero-order chi connectivity index (χ0) is 17.5. The third-order valence-electron chi connectivity index (χ3n) is 3.87. The summed E-state index contributed by atoms with van der Waals surface area (Å²) in [5.74, 6) is 1.43. The van der Waals surface area contributed by atoms with E-state index in [4.69, 9.17) is 14.4 Å². The van der Waals surface area contributed by atoms with Crippen molar-refractivity contribution in [3.63, 3.8) is 0 Å². The molecule has 0 spiro atoms. The molecule has 6 heteroatoms. The second-order valence-electron chi connectivity index (χ2n) is 5.80. The summed E-state index contributed by atoms with van der Waals surface area (Å²) in [7, 11) is 0. The lowest BCUT2D eigenvalue weighted by Crippen LogP contribution is -2.24. The van der Waals surface area contributed by atoms with Gasteiger partial charge in [-0.15, -0.1) is 0 Å². The molecule has 0 bridgehead atoms. The molecular formula is C18H24N2O4. The second-order valence-corrected chi connectivity index (χ2v) is 5.80. The average Bonchev–Trinajstić information content (AvgIpc) is 2.90. The molecule has 1 unspecified atom stereocenters. The lowest BCUT2D eigenvalue weighted by atomic mass is 9.96. The molecule has 24 heavy (non-hydrogen) atoms. The predicted octanol–water partition coefficient (Wildman–Crippen LogP) is 2.47. The van der Waals surface area contributed by atoms with Crippen LogP contribution < -0.4 is 10.1 Å². The Balaban J connectivity index is 1.92. The highest BCUT2D eigenvalue weighted by molar-refractivity contribution is 5.77. The fourth-order valence-electron chi connectivity index (χ4n) is 2.79. The number of nitrogens with zero attached hydrogens (tertiary/aromatic N) is 1. The van der Waals surface area contributed by atoms with Crippen molar-refractivity contribution in [1.29, 1.82) is 0 Å². The van der Waals surface area contributed by atoms with Gasteiger partial charge in [-0.3, -0.25) is 4.79 Å². The number of aliphatic hydroxyl groups is 1. The molecule has 0 saturated carbocycles. The van der Waals surface area contributed by atoms with Gasteiger partial charge in [0.1, 0.15) is 18.1 Å². The van der Waals surface area contributed by atoms with Crippen LogP contribution >= 0.6 is 0 Å². The van der Waals surface area contributed by atoms with Gasteiger partial charge in [0.05, 0.1) is 12.3 Å². The van der Waals surface area contributed by atoms with Gasteiger partial charge in [0.15, 0.2) is 0 Å². The predicted molar refractivity (Wildman–Crippen MR) is 89.9 cm³/mol. The van der Waals surface area contributed by atoms with E-state index in [9.17, 15) is 4.79 Å². The van der Waals surface area contributed by atoms with E-state index in [0.29, 0.717) is 18.7 Å². The molecule has 1 aromatic carbocycles. The molecule has 1 aromatic heterocycles. The maximum absolute atomic E-state index is 12.2. The smallest absolute Gasteiger partial charge is 0.220 e. The van der Waals surface area contributed by atoms with Gasteiger partial charge in [0.25, 0.3) is 0 Å². The molecule has 0 fully saturated rings. The third kappa shape index (κ3) is 4.58. The van der Waals surface area contributed by atoms with E-state index in [-0.39, 0.29) is 25.0 Å². The minimum Gasteiger partial charge on any atom is -0.491 e. The number of rotatable bonds is 8. The number of ether oxygens (including phenoxy) is 1. The number of hydrogen-bond donors (Lipinski definition) is 2. The number of aryl methyl sites for hydroxylation is 2. The van der Waals surface area contributed by atoms with Crippen molar-refractivity contribution in [2.75, 3.05) is 13.2 Å². The van der Waals surface area contributed by atoms with Crippen LogP contribution in [0.5, 0.6) is 5.75 Å². The highest BCUT2D eigenvalue weighted by Gasteiger charge is 2.19. The van der Waals surface area contributed by atoms with Gasteiger partial charge in [0, 0.05) is 24.1 Å². The Labute approximate surface area is 141 Å². The SMILES string of the molecule is Cc1noc(C)c1C(C)CC(=O)NCc1ccccc1OCCO. The van der Waals surface area contributed by atoms with Crippen molar-refractivity contribution >= 4 is 5.91 Å². The van der Waals surface area contributed by atoms with Crippen LogP contribution in [0.15, 0.2) is 28.8 Å². The quantitative estimate of drug-likeness (QED) is 0.776. The van der Waals surface area contributed by atoms with Gasteiger partial charge in [-0.1, -0.05) is 30.3 Å². The van der Waals surface area contributed by atoms with Crippen molar-refractivity contribution in [3.05, 3.63) is 46.8 Å². The number of amides is 1. The minimum absolute atomic E-state index is 0.0390. The van der Waals surface area contributed by atoms with Crippen LogP contribution in [0.1, 0.15) is 41.8 Å². The first-order valence-corrected chi connectivity index (χ1v) is 8.04. The summed E-state index contributed by atoms with van der Waals surface area (Å²) in [6.45, 7) is 6.30. The van der Waals surface area contributed by atoms with E-state index < -0.39 is 0 Å². The topological polar surface area (TPSA) is 84.6 Å². The van der Waals surface area contributed by atoms with E-state index in [1.807, 2.05) is 45.0 Å². The maximum atomic E-state index is 12.2. The first kappa shape index (κ1) is 18.0. The van der Waals surface area contributed by atoms with E-state index in [0.717, 1.165) is 22.6 Å². The Hall–Kier alpha value is -2.34. The van der Waals surface area contributed by atoms with Crippen molar-refractivity contribution < 1.29 is 19.2 Å². The number of carbonyl (C=O) groups is 1. The molecule has 0 aliphatic rings. The van der Waals surface area contributed by atoms with Gasteiger partial charge in [0.2, 0.25) is 5.91 Å². The van der Waals surface area contributed by atoms with Gasteiger partial charge in [-0.05, 0) is 25.8 Å². The number of nitrogens with one attached hydrogen (secondary N) is 1. The summed E-state index contributed by atoms with van der Waals surface area (Å²) in [4.78, 5) is 12.2. The molecule has 0 aliphatic carbocycles. The van der Waals surface area contributed by atoms with E-state index in [2.05, 4.69) is 10.5 Å². The van der Waals surface area contributed by atoms with Crippen LogP contribution in [0.3, 0.4) is 0 Å². The largest absolute Gasteiger partial charge is 0.491 e. The van der Waals surface area contributed by atoms with Crippen LogP contribution in [0.4, 0.5) is 0 Å². The summed E-state index contributed by atoms with van der Waals surface area (Å²) in [6.07, 6.45) is 0.364. The number of hydrogen-bond acceptors (Lipinski definition) is 5. The van der Waals surface area contributed by atoms with Crippen LogP contribution in [0.2, 0.25) is 0 Å². The Kier molecular flexibility index (Phi) is 6.37. The number of aliphatic hydroxyl groups excluding tert-OH is 1. The molecule has 1 atom stereocenters. The molecule has 0 aliphatic heterocycles. The molecule has 1 heterocycles. The minimum atomic E-state index is -0.0460. The normalized spacial score (nSPS) is 12.0. The summed E-state index contributed by atoms with van der Waals surface area (Å²) in [6, 6.07) is 7.46. The Morgan fingerprint density at radius 2 is 2.12 bits per heavy atom. The van der Waals surface area contributed by atoms with Gasteiger partial charge in [-0.2, -0.15) is 0 Å². The molecule has 6 nitrogen and oxygen atoms in total. The molecule has 2 N–H and O–H groups in total. The fourth-order valence-corrected chi connectivity index (χ4v) is 2.79. The van der Waals surface area contributed by atoms with Crippen LogP contribution in [-0.2, 0) is 11.3 Å². The molecule has 0 saturated heterocycles. The van der Waals surface area contributed by atoms with E-state index >= 15 is 0 Å². The first-order chi connectivity index (χ1) is 11.5. The van der Waals surface area contributed by atoms with Crippen molar-refractivity contribution in [2.45, 2.75) is 39.7 Å². The van der Waals surface area contributed by atoms with Crippen molar-refractivity contribution in [1.82, 2.24) is 10.5 Å². The van der Waals surface area contributed by atoms with Gasteiger partial charge in [-0.25, -0.2) is 0 Å². The lowest BCUT2D eigenvalue weighted by molar-refractivity contribution is -0.121. The zero-order valence-electron chi connectivity index (χ0n) is 14.3. The van der Waals surface area contributed by atoms with Gasteiger partial charge >= 0.3 is 0 Å². The number of para-hydroxylation sites is 1. The molecule has 2 aromatic rings. The highest BCUT2D eigenvalue weighted by atomic mass is 16.5. The molecule has 1 amide bonds. The zero-order valence-corrected chi connectivity index (χ0v) is 14.3. The first-order valence-electron chi connectivity index (χ1n) is 8.04. The van der Waals surface area contributed by atoms with E-state index in [1.165, 1.54) is 0 Å². The maximum Gasteiger partial charge on any atom is 0.220 e. The molecule has 130 valence electrons. The number of aromatic nitrogens is 1. The van der Waals surface area contributed by atoms with Gasteiger partial charge < -0.3 is 19.7 Å². The molecule has 2 rings (SSSR count). The summed E-state index contributed by atoms with van der Waals surface area (Å²) in [5.41, 5.74) is 2.71. The van der Waals surface area contributed by atoms with Crippen molar-refractivity contribution in [2.24, 2.45) is 0 Å². The van der Waals surface area contributed by atoms with E-state index in [1.54, 1.807) is 0 Å². The number of carbonyl (C=O) groups excluding carboxylic acids is 1. The standard InChI is InChI=1S/C18H24N2O4/c1-12(18-13(2)20-24-14(18)3)10-17(22)19-11-15-6-4-5-7-16(15)23-9-8-21/h4-7,12,21H,8-11H2,1-3H3,(H,19,22). The summed E-state index contributed by atoms with van der Waals surface area (Å²) < 4.78 is 10.6. The summed E-state index contributed by atoms with van der Waals surface area (Å²) >= 11 is 0. The van der Waals surface area contributed by atoms with Crippen LogP contribution in [-0.4, -0.2) is 29.4 Å². The Bertz CT molecular complexity index is 662. The van der Waals surface area contributed by atoms with Crippen LogP contribution in [0, 0.1) is 13.8 Å². The summed E-state index contributed by atoms with van der Waals surface area (Å²) in [5, 5.41) is 15.7.